The van der Waals surface area contributed by atoms with Crippen molar-refractivity contribution in [3.8, 4) is 11.1 Å². The summed E-state index contributed by atoms with van der Waals surface area (Å²) in [5, 5.41) is 4.38. The summed E-state index contributed by atoms with van der Waals surface area (Å²) in [5.41, 5.74) is 3.10. The number of benzene rings is 2. The Morgan fingerprint density at radius 2 is 1.77 bits per heavy atom. The maximum Gasteiger partial charge on any atom is 0.264 e. The van der Waals surface area contributed by atoms with Gasteiger partial charge in [0.15, 0.2) is 11.6 Å². The van der Waals surface area contributed by atoms with Crippen LogP contribution in [0.5, 0.6) is 0 Å². The average Bonchev–Trinajstić information content (AvgIpc) is 2.94. The topological polar surface area (TPSA) is 100 Å². The second-order valence-corrected chi connectivity index (χ2v) is 12.4. The Hall–Kier alpha value is -3.34. The zero-order valence-electron chi connectivity index (χ0n) is 22.7. The van der Waals surface area contributed by atoms with Crippen LogP contribution in [0, 0.1) is 5.82 Å². The molecule has 5 rings (SSSR count). The molecule has 11 heteroatoms. The number of aryl methyl sites for hydroxylation is 1. The van der Waals surface area contributed by atoms with Crippen LogP contribution >= 0.6 is 11.6 Å². The van der Waals surface area contributed by atoms with Crippen LogP contribution in [0.2, 0.25) is 5.02 Å². The van der Waals surface area contributed by atoms with Gasteiger partial charge in [0.2, 0.25) is 5.95 Å². The van der Waals surface area contributed by atoms with Crippen molar-refractivity contribution < 1.29 is 12.8 Å². The molecule has 0 unspecified atom stereocenters. The lowest BCUT2D eigenvalue weighted by Crippen LogP contribution is -2.36. The fourth-order valence-corrected chi connectivity index (χ4v) is 6.70. The number of aromatic nitrogens is 3. The van der Waals surface area contributed by atoms with Crippen molar-refractivity contribution in [1.29, 1.82) is 0 Å². The molecule has 210 valence electrons. The Balaban J connectivity index is 1.37. The van der Waals surface area contributed by atoms with E-state index in [-0.39, 0.29) is 9.92 Å². The molecule has 40 heavy (non-hydrogen) atoms. The largest absolute Gasteiger partial charge is 0.351 e. The van der Waals surface area contributed by atoms with E-state index in [1.807, 2.05) is 19.1 Å². The van der Waals surface area contributed by atoms with Gasteiger partial charge >= 0.3 is 0 Å². The predicted octanol–water partition coefficient (Wildman–Crippen LogP) is 6.13. The summed E-state index contributed by atoms with van der Waals surface area (Å²) in [5.74, 6) is -0.587. The zero-order valence-corrected chi connectivity index (χ0v) is 24.2. The number of halogens is 2. The summed E-state index contributed by atoms with van der Waals surface area (Å²) < 4.78 is 42.7. The first-order valence-corrected chi connectivity index (χ1v) is 15.2. The summed E-state index contributed by atoms with van der Waals surface area (Å²) in [4.78, 5) is 15.6. The van der Waals surface area contributed by atoms with Crippen molar-refractivity contribution >= 4 is 44.3 Å². The van der Waals surface area contributed by atoms with Crippen molar-refractivity contribution in [3.05, 3.63) is 71.3 Å². The number of fused-ring (bicyclic) bond motifs is 1. The molecule has 4 aromatic rings. The van der Waals surface area contributed by atoms with Crippen molar-refractivity contribution in [2.75, 3.05) is 24.1 Å². The molecule has 8 nitrogen and oxygen atoms in total. The van der Waals surface area contributed by atoms with Gasteiger partial charge in [0.05, 0.1) is 10.5 Å². The van der Waals surface area contributed by atoms with Crippen LogP contribution in [0.15, 0.2) is 59.8 Å². The summed E-state index contributed by atoms with van der Waals surface area (Å²) >= 11 is 6.02. The highest BCUT2D eigenvalue weighted by Crippen LogP contribution is 2.31. The number of sulfonamides is 1. The van der Waals surface area contributed by atoms with Gasteiger partial charge in [0.25, 0.3) is 10.0 Å². The SMILES string of the molecule is CCc1cc(-c2cnc(NS(=O)(=O)c3ccccc3Cl)c(F)c2)cc2cnc(N[C@H]3CC[C@H](N(C)C)CC3)nc12. The molecule has 1 fully saturated rings. The van der Waals surface area contributed by atoms with E-state index in [1.54, 1.807) is 12.3 Å². The van der Waals surface area contributed by atoms with Gasteiger partial charge in [-0.3, -0.25) is 4.72 Å². The third-order valence-corrected chi connectivity index (χ3v) is 9.27. The molecule has 0 saturated heterocycles. The lowest BCUT2D eigenvalue weighted by Gasteiger charge is -2.32. The number of hydrogen-bond donors (Lipinski definition) is 2. The molecular weight excluding hydrogens is 551 g/mol. The smallest absolute Gasteiger partial charge is 0.264 e. The Morgan fingerprint density at radius 1 is 1.02 bits per heavy atom. The van der Waals surface area contributed by atoms with Crippen molar-refractivity contribution in [1.82, 2.24) is 19.9 Å². The zero-order chi connectivity index (χ0) is 28.4. The van der Waals surface area contributed by atoms with Crippen LogP contribution in [0.1, 0.15) is 38.2 Å². The minimum absolute atomic E-state index is 0.0348. The summed E-state index contributed by atoms with van der Waals surface area (Å²) in [7, 11) is 0.152. The Morgan fingerprint density at radius 3 is 2.45 bits per heavy atom. The van der Waals surface area contributed by atoms with Gasteiger partial charge in [0, 0.05) is 35.4 Å². The molecule has 0 amide bonds. The first-order chi connectivity index (χ1) is 19.1. The standard InChI is InChI=1S/C29H32ClFN6O2S/c1-4-18-13-19(14-21-17-33-29(35-27(18)21)34-22-9-11-23(12-10-22)37(2)3)20-15-25(31)28(32-16-20)36-40(38,39)26-8-6-5-7-24(26)30/h5-8,13-17,22-23H,4,9-12H2,1-3H3,(H,32,36)(H,33,34,35)/t22-,23-. The summed E-state index contributed by atoms with van der Waals surface area (Å²) in [6.45, 7) is 2.04. The number of nitrogens with one attached hydrogen (secondary N) is 2. The molecule has 2 aromatic heterocycles. The lowest BCUT2D eigenvalue weighted by atomic mass is 9.90. The van der Waals surface area contributed by atoms with E-state index < -0.39 is 21.7 Å². The molecule has 1 aliphatic rings. The van der Waals surface area contributed by atoms with Crippen LogP contribution in [-0.2, 0) is 16.4 Å². The van der Waals surface area contributed by atoms with E-state index in [0.29, 0.717) is 23.6 Å². The molecule has 2 N–H and O–H groups in total. The Kier molecular flexibility index (Phi) is 8.21. The van der Waals surface area contributed by atoms with Gasteiger partial charge in [-0.05, 0) is 87.7 Å². The molecule has 2 heterocycles. The van der Waals surface area contributed by atoms with Gasteiger partial charge in [0.1, 0.15) is 4.90 Å². The third-order valence-electron chi connectivity index (χ3n) is 7.43. The van der Waals surface area contributed by atoms with Gasteiger partial charge in [-0.15, -0.1) is 0 Å². The summed E-state index contributed by atoms with van der Waals surface area (Å²) in [6.07, 6.45) is 8.39. The molecule has 0 spiro atoms. The highest BCUT2D eigenvalue weighted by Gasteiger charge is 2.23. The third kappa shape index (κ3) is 6.04. The first-order valence-electron chi connectivity index (χ1n) is 13.3. The van der Waals surface area contributed by atoms with Gasteiger partial charge in [-0.25, -0.2) is 27.8 Å². The fourth-order valence-electron chi connectivity index (χ4n) is 5.16. The maximum absolute atomic E-state index is 15.1. The highest BCUT2D eigenvalue weighted by atomic mass is 35.5. The van der Waals surface area contributed by atoms with E-state index >= 15 is 4.39 Å². The Bertz CT molecular complexity index is 1640. The quantitative estimate of drug-likeness (QED) is 0.258. The monoisotopic (exact) mass is 582 g/mol. The van der Waals surface area contributed by atoms with E-state index in [2.05, 4.69) is 39.0 Å². The maximum atomic E-state index is 15.1. The fraction of sp³-hybridized carbons (Fsp3) is 0.345. The number of nitrogens with zero attached hydrogens (tertiary/aromatic N) is 4. The van der Waals surface area contributed by atoms with E-state index in [4.69, 9.17) is 16.6 Å². The minimum Gasteiger partial charge on any atom is -0.351 e. The molecule has 2 aromatic carbocycles. The molecule has 1 saturated carbocycles. The van der Waals surface area contributed by atoms with Crippen molar-refractivity contribution in [2.45, 2.75) is 56.0 Å². The molecule has 0 radical (unpaired) electrons. The lowest BCUT2D eigenvalue weighted by molar-refractivity contribution is 0.221. The second kappa shape index (κ2) is 11.6. The normalized spacial score (nSPS) is 17.8. The van der Waals surface area contributed by atoms with Gasteiger partial charge < -0.3 is 10.2 Å². The molecule has 0 bridgehead atoms. The first kappa shape index (κ1) is 28.2. The van der Waals surface area contributed by atoms with Crippen LogP contribution in [0.25, 0.3) is 22.0 Å². The van der Waals surface area contributed by atoms with Crippen LogP contribution in [-0.4, -0.2) is 54.4 Å². The summed E-state index contributed by atoms with van der Waals surface area (Å²) in [6, 6.07) is 12.0. The van der Waals surface area contributed by atoms with Crippen molar-refractivity contribution in [3.63, 3.8) is 0 Å². The predicted molar refractivity (Wildman–Crippen MR) is 158 cm³/mol. The number of hydrogen-bond acceptors (Lipinski definition) is 7. The van der Waals surface area contributed by atoms with Crippen LogP contribution in [0.3, 0.4) is 0 Å². The minimum atomic E-state index is -4.11. The van der Waals surface area contributed by atoms with E-state index in [9.17, 15) is 8.42 Å². The number of anilines is 2. The molecule has 1 aliphatic carbocycles. The van der Waals surface area contributed by atoms with E-state index in [0.717, 1.165) is 54.1 Å². The molecular formula is C29H32ClFN6O2S. The average molecular weight is 583 g/mol. The van der Waals surface area contributed by atoms with Crippen LogP contribution in [0.4, 0.5) is 16.2 Å². The number of rotatable bonds is 8. The van der Waals surface area contributed by atoms with Crippen LogP contribution < -0.4 is 10.0 Å². The van der Waals surface area contributed by atoms with Gasteiger partial charge in [-0.1, -0.05) is 30.7 Å². The van der Waals surface area contributed by atoms with Gasteiger partial charge in [-0.2, -0.15) is 0 Å². The Labute approximate surface area is 239 Å². The second-order valence-electron chi connectivity index (χ2n) is 10.3. The number of pyridine rings is 1. The van der Waals surface area contributed by atoms with Crippen molar-refractivity contribution in [2.24, 2.45) is 0 Å². The molecule has 0 aliphatic heterocycles. The highest BCUT2D eigenvalue weighted by molar-refractivity contribution is 7.92. The molecule has 0 atom stereocenters. The van der Waals surface area contributed by atoms with E-state index in [1.165, 1.54) is 30.5 Å².